The SMILES string of the molecule is CNc1nc(OCc2ccccc2)c(C#N)c(-c2ccc3c(c2)OCO3)c1C#N. The topological polar surface area (TPSA) is 100 Å². The van der Waals surface area contributed by atoms with Crippen LogP contribution in [0.1, 0.15) is 16.7 Å². The summed E-state index contributed by atoms with van der Waals surface area (Å²) in [5, 5.41) is 22.6. The highest BCUT2D eigenvalue weighted by molar-refractivity contribution is 5.84. The lowest BCUT2D eigenvalue weighted by Crippen LogP contribution is -2.06. The van der Waals surface area contributed by atoms with Gasteiger partial charge < -0.3 is 19.5 Å². The summed E-state index contributed by atoms with van der Waals surface area (Å²) in [6.07, 6.45) is 0. The highest BCUT2D eigenvalue weighted by Gasteiger charge is 2.24. The minimum Gasteiger partial charge on any atom is -0.472 e. The van der Waals surface area contributed by atoms with Gasteiger partial charge in [0.25, 0.3) is 0 Å². The number of ether oxygens (including phenoxy) is 3. The third-order valence-corrected chi connectivity index (χ3v) is 4.50. The summed E-state index contributed by atoms with van der Waals surface area (Å²) in [6.45, 7) is 0.386. The van der Waals surface area contributed by atoms with Crippen molar-refractivity contribution < 1.29 is 14.2 Å². The van der Waals surface area contributed by atoms with Gasteiger partial charge in [-0.2, -0.15) is 15.5 Å². The van der Waals surface area contributed by atoms with Crippen molar-refractivity contribution in [2.75, 3.05) is 19.2 Å². The van der Waals surface area contributed by atoms with E-state index in [1.807, 2.05) is 30.3 Å². The molecule has 0 spiro atoms. The second-order valence-corrected chi connectivity index (χ2v) is 6.21. The maximum absolute atomic E-state index is 9.88. The molecule has 0 bridgehead atoms. The number of aromatic nitrogens is 1. The van der Waals surface area contributed by atoms with Crippen LogP contribution in [0.4, 0.5) is 5.82 Å². The van der Waals surface area contributed by atoms with Crippen LogP contribution < -0.4 is 19.5 Å². The van der Waals surface area contributed by atoms with E-state index < -0.39 is 0 Å². The fourth-order valence-corrected chi connectivity index (χ4v) is 3.13. The summed E-state index contributed by atoms with van der Waals surface area (Å²) in [4.78, 5) is 4.37. The molecule has 0 fully saturated rings. The Kier molecular flexibility index (Phi) is 4.88. The van der Waals surface area contributed by atoms with Crippen LogP contribution in [0.2, 0.25) is 0 Å². The Morgan fingerprint density at radius 2 is 1.79 bits per heavy atom. The molecule has 1 aliphatic rings. The van der Waals surface area contributed by atoms with Gasteiger partial charge in [-0.3, -0.25) is 0 Å². The van der Waals surface area contributed by atoms with Crippen LogP contribution in [0.25, 0.3) is 11.1 Å². The number of nitriles is 2. The lowest BCUT2D eigenvalue weighted by Gasteiger charge is -2.15. The average Bonchev–Trinajstić information content (AvgIpc) is 3.25. The molecule has 0 aliphatic carbocycles. The fraction of sp³-hybridized carbons (Fsp3) is 0.136. The molecule has 0 saturated carbocycles. The van der Waals surface area contributed by atoms with Crippen LogP contribution >= 0.6 is 0 Å². The van der Waals surface area contributed by atoms with Gasteiger partial charge in [0.05, 0.1) is 0 Å². The predicted molar refractivity (Wildman–Crippen MR) is 106 cm³/mol. The molecule has 3 aromatic rings. The third kappa shape index (κ3) is 3.38. The Labute approximate surface area is 167 Å². The Morgan fingerprint density at radius 1 is 1.03 bits per heavy atom. The number of fused-ring (bicyclic) bond motifs is 1. The standard InChI is InChI=1S/C22H16N4O3/c1-25-21-16(10-23)20(15-7-8-18-19(9-15)29-13-28-18)17(11-24)22(26-21)27-12-14-5-3-2-4-6-14/h2-9H,12-13H2,1H3,(H,25,26). The molecular weight excluding hydrogens is 368 g/mol. The zero-order chi connectivity index (χ0) is 20.2. The number of anilines is 1. The first-order chi connectivity index (χ1) is 14.2. The summed E-state index contributed by atoms with van der Waals surface area (Å²) in [7, 11) is 1.67. The molecule has 7 nitrogen and oxygen atoms in total. The second-order valence-electron chi connectivity index (χ2n) is 6.21. The smallest absolute Gasteiger partial charge is 0.234 e. The number of hydrogen-bond acceptors (Lipinski definition) is 7. The van der Waals surface area contributed by atoms with Gasteiger partial charge in [0, 0.05) is 12.6 Å². The van der Waals surface area contributed by atoms with E-state index in [0.717, 1.165) is 5.56 Å². The fourth-order valence-electron chi connectivity index (χ4n) is 3.13. The van der Waals surface area contributed by atoms with Crippen LogP contribution in [0.5, 0.6) is 17.4 Å². The van der Waals surface area contributed by atoms with Crippen molar-refractivity contribution in [3.05, 3.63) is 65.2 Å². The first kappa shape index (κ1) is 18.1. The lowest BCUT2D eigenvalue weighted by molar-refractivity contribution is 0.174. The van der Waals surface area contributed by atoms with E-state index in [0.29, 0.717) is 28.4 Å². The Morgan fingerprint density at radius 3 is 2.52 bits per heavy atom. The molecule has 0 saturated heterocycles. The van der Waals surface area contributed by atoms with Crippen molar-refractivity contribution in [1.82, 2.24) is 4.98 Å². The van der Waals surface area contributed by atoms with Gasteiger partial charge in [-0.25, -0.2) is 0 Å². The predicted octanol–water partition coefficient (Wildman–Crippen LogP) is 3.84. The number of nitrogens with zero attached hydrogens (tertiary/aromatic N) is 3. The number of benzene rings is 2. The molecule has 1 N–H and O–H groups in total. The Balaban J connectivity index is 1.84. The molecule has 4 rings (SSSR count). The largest absolute Gasteiger partial charge is 0.472 e. The first-order valence-corrected chi connectivity index (χ1v) is 8.88. The van der Waals surface area contributed by atoms with E-state index in [-0.39, 0.29) is 30.4 Å². The summed E-state index contributed by atoms with van der Waals surface area (Å²) >= 11 is 0. The van der Waals surface area contributed by atoms with Gasteiger partial charge >= 0.3 is 0 Å². The summed E-state index contributed by atoms with van der Waals surface area (Å²) in [5.74, 6) is 1.67. The minimum atomic E-state index is 0.137. The van der Waals surface area contributed by atoms with Gasteiger partial charge in [0.15, 0.2) is 11.5 Å². The normalized spacial score (nSPS) is 11.4. The second kappa shape index (κ2) is 7.79. The zero-order valence-corrected chi connectivity index (χ0v) is 15.6. The van der Waals surface area contributed by atoms with Crippen molar-refractivity contribution in [2.45, 2.75) is 6.61 Å². The highest BCUT2D eigenvalue weighted by atomic mass is 16.7. The van der Waals surface area contributed by atoms with Gasteiger partial charge in [0.2, 0.25) is 12.7 Å². The van der Waals surface area contributed by atoms with E-state index >= 15 is 0 Å². The van der Waals surface area contributed by atoms with Gasteiger partial charge in [-0.1, -0.05) is 36.4 Å². The van der Waals surface area contributed by atoms with E-state index in [4.69, 9.17) is 14.2 Å². The maximum atomic E-state index is 9.88. The van der Waals surface area contributed by atoms with Crippen molar-refractivity contribution in [3.63, 3.8) is 0 Å². The van der Waals surface area contributed by atoms with Gasteiger partial charge in [-0.15, -0.1) is 0 Å². The van der Waals surface area contributed by atoms with Crippen LogP contribution in [-0.2, 0) is 6.61 Å². The number of hydrogen-bond donors (Lipinski definition) is 1. The molecule has 0 atom stereocenters. The van der Waals surface area contributed by atoms with Crippen molar-refractivity contribution in [1.29, 1.82) is 10.5 Å². The molecule has 2 heterocycles. The number of pyridine rings is 1. The zero-order valence-electron chi connectivity index (χ0n) is 15.6. The molecule has 7 heteroatoms. The summed E-state index contributed by atoms with van der Waals surface area (Å²) < 4.78 is 16.7. The Bertz CT molecular complexity index is 1150. The molecule has 2 aromatic carbocycles. The van der Waals surface area contributed by atoms with E-state index in [2.05, 4.69) is 22.4 Å². The quantitative estimate of drug-likeness (QED) is 0.713. The third-order valence-electron chi connectivity index (χ3n) is 4.50. The molecule has 0 unspecified atom stereocenters. The van der Waals surface area contributed by atoms with Crippen molar-refractivity contribution >= 4 is 5.82 Å². The van der Waals surface area contributed by atoms with E-state index in [1.165, 1.54) is 0 Å². The number of nitrogens with one attached hydrogen (secondary N) is 1. The lowest BCUT2D eigenvalue weighted by atomic mass is 9.96. The van der Waals surface area contributed by atoms with E-state index in [1.54, 1.807) is 25.2 Å². The van der Waals surface area contributed by atoms with Crippen LogP contribution in [-0.4, -0.2) is 18.8 Å². The van der Waals surface area contributed by atoms with Gasteiger partial charge in [-0.05, 0) is 23.3 Å². The maximum Gasteiger partial charge on any atom is 0.234 e. The van der Waals surface area contributed by atoms with Crippen molar-refractivity contribution in [2.24, 2.45) is 0 Å². The molecule has 1 aliphatic heterocycles. The van der Waals surface area contributed by atoms with E-state index in [9.17, 15) is 10.5 Å². The van der Waals surface area contributed by atoms with Crippen molar-refractivity contribution in [3.8, 4) is 40.6 Å². The number of rotatable bonds is 5. The monoisotopic (exact) mass is 384 g/mol. The molecule has 0 radical (unpaired) electrons. The average molecular weight is 384 g/mol. The Hall–Kier alpha value is -4.23. The van der Waals surface area contributed by atoms with Crippen LogP contribution in [0.3, 0.4) is 0 Å². The molecule has 1 aromatic heterocycles. The van der Waals surface area contributed by atoms with Crippen LogP contribution in [0.15, 0.2) is 48.5 Å². The first-order valence-electron chi connectivity index (χ1n) is 8.88. The highest BCUT2D eigenvalue weighted by Crippen LogP contribution is 2.41. The van der Waals surface area contributed by atoms with Gasteiger partial charge in [0.1, 0.15) is 35.7 Å². The molecular formula is C22H16N4O3. The molecule has 0 amide bonds. The molecule has 142 valence electrons. The summed E-state index contributed by atoms with van der Waals surface area (Å²) in [5.41, 5.74) is 2.48. The molecule has 29 heavy (non-hydrogen) atoms. The summed E-state index contributed by atoms with van der Waals surface area (Å²) in [6, 6.07) is 19.2. The minimum absolute atomic E-state index is 0.137. The van der Waals surface area contributed by atoms with Crippen LogP contribution in [0, 0.1) is 22.7 Å².